The second-order valence-corrected chi connectivity index (χ2v) is 10.5. The minimum absolute atomic E-state index is 0.0718. The molecule has 1 aliphatic heterocycles. The molecule has 196 valence electrons. The van der Waals surface area contributed by atoms with Gasteiger partial charge in [-0.05, 0) is 48.9 Å². The van der Waals surface area contributed by atoms with Crippen LogP contribution in [0, 0.1) is 0 Å². The zero-order valence-corrected chi connectivity index (χ0v) is 21.5. The highest BCUT2D eigenvalue weighted by molar-refractivity contribution is 7.89. The van der Waals surface area contributed by atoms with E-state index >= 15 is 0 Å². The van der Waals surface area contributed by atoms with Crippen molar-refractivity contribution in [3.05, 3.63) is 59.1 Å². The highest BCUT2D eigenvalue weighted by Crippen LogP contribution is 2.21. The number of hydrogen-bond acceptors (Lipinski definition) is 7. The fourth-order valence-electron chi connectivity index (χ4n) is 3.57. The van der Waals surface area contributed by atoms with Crippen LogP contribution >= 0.6 is 11.6 Å². The van der Waals surface area contributed by atoms with Gasteiger partial charge in [0.2, 0.25) is 15.9 Å². The van der Waals surface area contributed by atoms with Crippen molar-refractivity contribution in [2.75, 3.05) is 46.1 Å². The molecule has 0 aliphatic carbocycles. The number of ether oxygens (including phenoxy) is 2. The van der Waals surface area contributed by atoms with Crippen molar-refractivity contribution in [1.29, 1.82) is 0 Å². The van der Waals surface area contributed by atoms with Gasteiger partial charge < -0.3 is 24.8 Å². The zero-order chi connectivity index (χ0) is 26.1. The highest BCUT2D eigenvalue weighted by Gasteiger charge is 2.28. The van der Waals surface area contributed by atoms with Gasteiger partial charge in [0, 0.05) is 31.2 Å². The van der Waals surface area contributed by atoms with E-state index in [4.69, 9.17) is 26.2 Å². The number of hydrogen-bond donors (Lipinski definition) is 2. The van der Waals surface area contributed by atoms with Crippen molar-refractivity contribution in [3.8, 4) is 5.75 Å². The minimum Gasteiger partial charge on any atom is -0.484 e. The Bertz CT molecular complexity index is 1120. The summed E-state index contributed by atoms with van der Waals surface area (Å²) in [5, 5.41) is 12.1. The number of carbonyl (C=O) groups excluding carboxylic acids is 2. The van der Waals surface area contributed by atoms with E-state index in [9.17, 15) is 18.0 Å². The van der Waals surface area contributed by atoms with Crippen LogP contribution in [0.15, 0.2) is 53.4 Å². The van der Waals surface area contributed by atoms with E-state index in [1.807, 2.05) is 0 Å². The Balaban J connectivity index is 1.67. The van der Waals surface area contributed by atoms with Gasteiger partial charge in [0.25, 0.3) is 5.91 Å². The smallest absolute Gasteiger partial charge is 0.261 e. The number of nitrogens with zero attached hydrogens (tertiary/aromatic N) is 2. The Labute approximate surface area is 215 Å². The first-order valence-corrected chi connectivity index (χ1v) is 13.3. The molecule has 0 radical (unpaired) electrons. The zero-order valence-electron chi connectivity index (χ0n) is 19.9. The molecular weight excluding hydrogens is 510 g/mol. The van der Waals surface area contributed by atoms with Crippen LogP contribution in [-0.4, -0.2) is 86.6 Å². The Morgan fingerprint density at radius 3 is 2.39 bits per heavy atom. The molecule has 0 aromatic heterocycles. The van der Waals surface area contributed by atoms with E-state index in [0.29, 0.717) is 37.1 Å². The number of carbonyl (C=O) groups is 2. The first-order chi connectivity index (χ1) is 17.2. The maximum Gasteiger partial charge on any atom is 0.261 e. The van der Waals surface area contributed by atoms with E-state index in [2.05, 4.69) is 5.32 Å². The lowest BCUT2D eigenvalue weighted by Gasteiger charge is -2.28. The number of aliphatic hydroxyl groups is 1. The average Bonchev–Trinajstić information content (AvgIpc) is 2.90. The molecule has 3 rings (SSSR count). The predicted molar refractivity (Wildman–Crippen MR) is 133 cm³/mol. The van der Waals surface area contributed by atoms with Crippen LogP contribution in [0.25, 0.3) is 0 Å². The number of morpholine rings is 1. The van der Waals surface area contributed by atoms with Crippen LogP contribution in [0.2, 0.25) is 5.02 Å². The van der Waals surface area contributed by atoms with E-state index in [-0.39, 0.29) is 31.2 Å². The molecule has 1 heterocycles. The van der Waals surface area contributed by atoms with E-state index in [0.717, 1.165) is 5.56 Å². The molecule has 2 aromatic carbocycles. The van der Waals surface area contributed by atoms with E-state index in [1.54, 1.807) is 31.2 Å². The number of sulfonamides is 1. The summed E-state index contributed by atoms with van der Waals surface area (Å²) in [6.07, 6.45) is 0. The average molecular weight is 540 g/mol. The lowest BCUT2D eigenvalue weighted by Crippen LogP contribution is -2.49. The van der Waals surface area contributed by atoms with Crippen molar-refractivity contribution in [3.63, 3.8) is 0 Å². The standard InChI is InChI=1S/C24H30ClN3O7S/c1-18(24(31)26-10-13-29)28(16-19-2-4-20(25)5-3-19)23(30)17-35-21-6-8-22(9-7-21)36(32,33)27-11-14-34-15-12-27/h2-9,18,29H,10-17H2,1H3,(H,26,31)/t18-/m1/s1. The molecule has 0 bridgehead atoms. The molecule has 0 spiro atoms. The third-order valence-electron chi connectivity index (χ3n) is 5.64. The van der Waals surface area contributed by atoms with Gasteiger partial charge in [0.15, 0.2) is 6.61 Å². The van der Waals surface area contributed by atoms with Crippen LogP contribution in [0.4, 0.5) is 0 Å². The van der Waals surface area contributed by atoms with Crippen molar-refractivity contribution in [1.82, 2.24) is 14.5 Å². The van der Waals surface area contributed by atoms with Gasteiger partial charge >= 0.3 is 0 Å². The Morgan fingerprint density at radius 2 is 1.78 bits per heavy atom. The van der Waals surface area contributed by atoms with Crippen molar-refractivity contribution in [2.24, 2.45) is 0 Å². The number of nitrogens with one attached hydrogen (secondary N) is 1. The molecule has 2 amide bonds. The maximum atomic E-state index is 13.1. The normalized spacial score (nSPS) is 15.2. The van der Waals surface area contributed by atoms with Gasteiger partial charge in [-0.3, -0.25) is 9.59 Å². The second kappa shape index (κ2) is 13.0. The third kappa shape index (κ3) is 7.40. The number of aliphatic hydroxyl groups excluding tert-OH is 1. The maximum absolute atomic E-state index is 13.1. The molecule has 2 aromatic rings. The van der Waals surface area contributed by atoms with Gasteiger partial charge in [0.1, 0.15) is 11.8 Å². The van der Waals surface area contributed by atoms with Gasteiger partial charge in [-0.25, -0.2) is 8.42 Å². The molecule has 2 N–H and O–H groups in total. The summed E-state index contributed by atoms with van der Waals surface area (Å²) in [5.74, 6) is -0.543. The summed E-state index contributed by atoms with van der Waals surface area (Å²) >= 11 is 5.95. The fourth-order valence-corrected chi connectivity index (χ4v) is 5.10. The number of halogens is 1. The van der Waals surface area contributed by atoms with Gasteiger partial charge in [-0.1, -0.05) is 23.7 Å². The molecule has 0 saturated carbocycles. The second-order valence-electron chi connectivity index (χ2n) is 8.12. The van der Waals surface area contributed by atoms with Gasteiger partial charge in [-0.2, -0.15) is 4.31 Å². The third-order valence-corrected chi connectivity index (χ3v) is 7.80. The lowest BCUT2D eigenvalue weighted by atomic mass is 10.1. The molecule has 1 saturated heterocycles. The minimum atomic E-state index is -3.64. The number of rotatable bonds is 11. The summed E-state index contributed by atoms with van der Waals surface area (Å²) in [7, 11) is -3.64. The summed E-state index contributed by atoms with van der Waals surface area (Å²) in [6, 6.07) is 11.9. The first kappa shape index (κ1) is 27.9. The van der Waals surface area contributed by atoms with Crippen LogP contribution in [0.3, 0.4) is 0 Å². The Morgan fingerprint density at radius 1 is 1.14 bits per heavy atom. The molecule has 1 aliphatic rings. The monoisotopic (exact) mass is 539 g/mol. The SMILES string of the molecule is C[C@H](C(=O)NCCO)N(Cc1ccc(Cl)cc1)C(=O)COc1ccc(S(=O)(=O)N2CCOCC2)cc1. The van der Waals surface area contributed by atoms with Crippen molar-refractivity contribution in [2.45, 2.75) is 24.4 Å². The molecular formula is C24H30ClN3O7S. The van der Waals surface area contributed by atoms with Crippen molar-refractivity contribution < 1.29 is 32.6 Å². The molecule has 1 atom stereocenters. The summed E-state index contributed by atoms with van der Waals surface area (Å²) < 4.78 is 37.7. The summed E-state index contributed by atoms with van der Waals surface area (Å²) in [6.45, 7) is 2.52. The van der Waals surface area contributed by atoms with Crippen LogP contribution in [0.5, 0.6) is 5.75 Å². The Kier molecular flexibility index (Phi) is 10.1. The van der Waals surface area contributed by atoms with E-state index < -0.39 is 27.9 Å². The van der Waals surface area contributed by atoms with E-state index in [1.165, 1.54) is 33.5 Å². The van der Waals surface area contributed by atoms with Crippen LogP contribution in [0.1, 0.15) is 12.5 Å². The topological polar surface area (TPSA) is 125 Å². The number of amides is 2. The Hall–Kier alpha value is -2.70. The molecule has 1 fully saturated rings. The molecule has 12 heteroatoms. The molecule has 36 heavy (non-hydrogen) atoms. The molecule has 0 unspecified atom stereocenters. The lowest BCUT2D eigenvalue weighted by molar-refractivity contribution is -0.142. The largest absolute Gasteiger partial charge is 0.484 e. The highest BCUT2D eigenvalue weighted by atomic mass is 35.5. The number of benzene rings is 2. The summed E-state index contributed by atoms with van der Waals surface area (Å²) in [4.78, 5) is 27.0. The van der Waals surface area contributed by atoms with Crippen LogP contribution < -0.4 is 10.1 Å². The van der Waals surface area contributed by atoms with Crippen molar-refractivity contribution >= 4 is 33.4 Å². The van der Waals surface area contributed by atoms with Gasteiger partial charge in [0.05, 0.1) is 24.7 Å². The fraction of sp³-hybridized carbons (Fsp3) is 0.417. The summed E-state index contributed by atoms with van der Waals surface area (Å²) in [5.41, 5.74) is 0.771. The van der Waals surface area contributed by atoms with Crippen LogP contribution in [-0.2, 0) is 30.9 Å². The molecule has 10 nitrogen and oxygen atoms in total. The first-order valence-electron chi connectivity index (χ1n) is 11.5. The predicted octanol–water partition coefficient (Wildman–Crippen LogP) is 1.27. The van der Waals surface area contributed by atoms with Gasteiger partial charge in [-0.15, -0.1) is 0 Å². The quantitative estimate of drug-likeness (QED) is 0.440.